The maximum absolute atomic E-state index is 12.2. The molecule has 6 nitrogen and oxygen atoms in total. The van der Waals surface area contributed by atoms with E-state index >= 15 is 0 Å². The molecule has 0 aliphatic rings. The number of para-hydroxylation sites is 1. The number of pyridine rings is 1. The van der Waals surface area contributed by atoms with Crippen LogP contribution in [0.3, 0.4) is 0 Å². The highest BCUT2D eigenvalue weighted by atomic mass is 16.5. The molecule has 6 heteroatoms. The van der Waals surface area contributed by atoms with Crippen LogP contribution < -0.4 is 10.6 Å². The van der Waals surface area contributed by atoms with Crippen molar-refractivity contribution in [3.63, 3.8) is 0 Å². The van der Waals surface area contributed by atoms with Gasteiger partial charge in [-0.15, -0.1) is 0 Å². The number of nitrogens with zero attached hydrogens (tertiary/aromatic N) is 2. The van der Waals surface area contributed by atoms with E-state index in [2.05, 4.69) is 20.8 Å². The molecule has 0 saturated carbocycles. The van der Waals surface area contributed by atoms with E-state index in [1.807, 2.05) is 45.0 Å². The number of hydrogen-bond donors (Lipinski definition) is 2. The van der Waals surface area contributed by atoms with Gasteiger partial charge in [0, 0.05) is 23.1 Å². The summed E-state index contributed by atoms with van der Waals surface area (Å²) in [4.78, 5) is 16.5. The summed E-state index contributed by atoms with van der Waals surface area (Å²) in [5, 5.41) is 10.3. The summed E-state index contributed by atoms with van der Waals surface area (Å²) in [6.45, 7) is 6.04. The van der Waals surface area contributed by atoms with Crippen LogP contribution >= 0.6 is 0 Å². The molecular formula is C17H18N4O2. The quantitative estimate of drug-likeness (QED) is 0.744. The normalized spacial score (nSPS) is 11.4. The summed E-state index contributed by atoms with van der Waals surface area (Å²) in [5.41, 5.74) is 1.21. The number of hydrogen-bond acceptors (Lipinski definition) is 4. The minimum absolute atomic E-state index is 0.164. The fourth-order valence-corrected chi connectivity index (χ4v) is 2.16. The minimum atomic E-state index is -0.392. The van der Waals surface area contributed by atoms with Crippen molar-refractivity contribution < 1.29 is 9.32 Å². The highest BCUT2D eigenvalue weighted by Gasteiger charge is 2.20. The van der Waals surface area contributed by atoms with Gasteiger partial charge in [-0.2, -0.15) is 0 Å². The van der Waals surface area contributed by atoms with Crippen molar-refractivity contribution in [3.05, 3.63) is 48.4 Å². The van der Waals surface area contributed by atoms with Crippen molar-refractivity contribution in [1.82, 2.24) is 10.1 Å². The number of aromatic nitrogens is 2. The monoisotopic (exact) mass is 310 g/mol. The molecule has 2 amide bonds. The average Bonchev–Trinajstić information content (AvgIpc) is 2.96. The summed E-state index contributed by atoms with van der Waals surface area (Å²) < 4.78 is 5.25. The van der Waals surface area contributed by atoms with Crippen LogP contribution in [0, 0.1) is 0 Å². The Morgan fingerprint density at radius 1 is 1.13 bits per heavy atom. The summed E-state index contributed by atoms with van der Waals surface area (Å²) in [7, 11) is 0. The molecular weight excluding hydrogens is 292 g/mol. The van der Waals surface area contributed by atoms with Crippen LogP contribution in [0.5, 0.6) is 0 Å². The Hall–Kier alpha value is -2.89. The van der Waals surface area contributed by atoms with Crippen LogP contribution in [0.4, 0.5) is 16.3 Å². The van der Waals surface area contributed by atoms with Crippen LogP contribution in [0.15, 0.2) is 47.1 Å². The highest BCUT2D eigenvalue weighted by Crippen LogP contribution is 2.25. The number of fused-ring (bicyclic) bond motifs is 1. The van der Waals surface area contributed by atoms with Crippen molar-refractivity contribution in [2.75, 3.05) is 10.6 Å². The Morgan fingerprint density at radius 3 is 2.65 bits per heavy atom. The second kappa shape index (κ2) is 5.72. The van der Waals surface area contributed by atoms with E-state index in [0.717, 1.165) is 10.9 Å². The molecule has 0 atom stereocenters. The predicted octanol–water partition coefficient (Wildman–Crippen LogP) is 4.16. The van der Waals surface area contributed by atoms with E-state index in [0.29, 0.717) is 17.3 Å². The molecule has 0 aliphatic carbocycles. The number of rotatable bonds is 2. The average molecular weight is 310 g/mol. The topological polar surface area (TPSA) is 80.0 Å². The zero-order valence-electron chi connectivity index (χ0n) is 13.3. The van der Waals surface area contributed by atoms with Gasteiger partial charge in [-0.3, -0.25) is 10.3 Å². The third kappa shape index (κ3) is 3.31. The van der Waals surface area contributed by atoms with E-state index in [4.69, 9.17) is 4.52 Å². The van der Waals surface area contributed by atoms with E-state index in [9.17, 15) is 4.79 Å². The molecule has 0 fully saturated rings. The Kier molecular flexibility index (Phi) is 3.73. The standard InChI is InChI=1S/C17H18N4O2/c1-17(2,3)13-10-14(21-23-13)20-16(22)19-12-8-4-6-11-7-5-9-18-15(11)12/h4-10H,1-3H3,(H2,19,20,21,22). The first kappa shape index (κ1) is 15.0. The summed E-state index contributed by atoms with van der Waals surface area (Å²) in [6, 6.07) is 10.7. The lowest BCUT2D eigenvalue weighted by Crippen LogP contribution is -2.20. The second-order valence-electron chi connectivity index (χ2n) is 6.29. The lowest BCUT2D eigenvalue weighted by atomic mass is 9.93. The molecule has 3 rings (SSSR count). The van der Waals surface area contributed by atoms with Crippen LogP contribution in [-0.4, -0.2) is 16.2 Å². The fraction of sp³-hybridized carbons (Fsp3) is 0.235. The molecule has 0 aliphatic heterocycles. The number of urea groups is 1. The number of carbonyl (C=O) groups excluding carboxylic acids is 1. The van der Waals surface area contributed by atoms with Gasteiger partial charge in [0.2, 0.25) is 0 Å². The van der Waals surface area contributed by atoms with E-state index < -0.39 is 6.03 Å². The van der Waals surface area contributed by atoms with Gasteiger partial charge in [0.15, 0.2) is 5.82 Å². The number of amides is 2. The van der Waals surface area contributed by atoms with Crippen molar-refractivity contribution >= 4 is 28.4 Å². The van der Waals surface area contributed by atoms with Gasteiger partial charge in [-0.25, -0.2) is 4.79 Å². The molecule has 0 unspecified atom stereocenters. The molecule has 2 aromatic heterocycles. The number of benzene rings is 1. The molecule has 0 bridgehead atoms. The van der Waals surface area contributed by atoms with Gasteiger partial charge in [0.05, 0.1) is 11.2 Å². The first-order chi connectivity index (χ1) is 10.9. The van der Waals surface area contributed by atoms with Gasteiger partial charge in [0.1, 0.15) is 5.76 Å². The predicted molar refractivity (Wildman–Crippen MR) is 89.6 cm³/mol. The van der Waals surface area contributed by atoms with Crippen LogP contribution in [0.1, 0.15) is 26.5 Å². The molecule has 0 radical (unpaired) electrons. The van der Waals surface area contributed by atoms with Crippen molar-refractivity contribution in [1.29, 1.82) is 0 Å². The molecule has 0 spiro atoms. The minimum Gasteiger partial charge on any atom is -0.359 e. The smallest absolute Gasteiger partial charge is 0.325 e. The van der Waals surface area contributed by atoms with Crippen LogP contribution in [0.2, 0.25) is 0 Å². The van der Waals surface area contributed by atoms with Crippen molar-refractivity contribution in [2.45, 2.75) is 26.2 Å². The summed E-state index contributed by atoms with van der Waals surface area (Å²) >= 11 is 0. The molecule has 23 heavy (non-hydrogen) atoms. The number of nitrogens with one attached hydrogen (secondary N) is 2. The molecule has 2 heterocycles. The summed E-state index contributed by atoms with van der Waals surface area (Å²) in [5.74, 6) is 1.08. The first-order valence-corrected chi connectivity index (χ1v) is 7.32. The molecule has 3 aromatic rings. The first-order valence-electron chi connectivity index (χ1n) is 7.32. The number of carbonyl (C=O) groups is 1. The zero-order valence-corrected chi connectivity index (χ0v) is 13.3. The van der Waals surface area contributed by atoms with Gasteiger partial charge in [-0.1, -0.05) is 44.1 Å². The van der Waals surface area contributed by atoms with E-state index in [1.54, 1.807) is 18.3 Å². The third-order valence-electron chi connectivity index (χ3n) is 3.37. The molecule has 0 saturated heterocycles. The van der Waals surface area contributed by atoms with Crippen molar-refractivity contribution in [2.24, 2.45) is 0 Å². The Labute approximate surface area is 133 Å². The molecule has 118 valence electrons. The van der Waals surface area contributed by atoms with Gasteiger partial charge < -0.3 is 9.84 Å². The zero-order chi connectivity index (χ0) is 16.4. The van der Waals surface area contributed by atoms with Gasteiger partial charge >= 0.3 is 6.03 Å². The lowest BCUT2D eigenvalue weighted by molar-refractivity contribution is 0.262. The molecule has 1 aromatic carbocycles. The second-order valence-corrected chi connectivity index (χ2v) is 6.29. The van der Waals surface area contributed by atoms with Gasteiger partial charge in [-0.05, 0) is 12.1 Å². The summed E-state index contributed by atoms with van der Waals surface area (Å²) in [6.07, 6.45) is 1.69. The lowest BCUT2D eigenvalue weighted by Gasteiger charge is -2.12. The Bertz CT molecular complexity index is 844. The SMILES string of the molecule is CC(C)(C)c1cc(NC(=O)Nc2cccc3cccnc23)no1. The fourth-order valence-electron chi connectivity index (χ4n) is 2.16. The Balaban J connectivity index is 1.75. The van der Waals surface area contributed by atoms with Crippen LogP contribution in [0.25, 0.3) is 10.9 Å². The largest absolute Gasteiger partial charge is 0.359 e. The van der Waals surface area contributed by atoms with E-state index in [1.165, 1.54) is 0 Å². The van der Waals surface area contributed by atoms with E-state index in [-0.39, 0.29) is 5.41 Å². The molecule has 2 N–H and O–H groups in total. The van der Waals surface area contributed by atoms with Gasteiger partial charge in [0.25, 0.3) is 0 Å². The van der Waals surface area contributed by atoms with Crippen molar-refractivity contribution in [3.8, 4) is 0 Å². The van der Waals surface area contributed by atoms with Crippen LogP contribution in [-0.2, 0) is 5.41 Å². The number of anilines is 2. The third-order valence-corrected chi connectivity index (χ3v) is 3.37. The highest BCUT2D eigenvalue weighted by molar-refractivity contribution is 6.04. The maximum Gasteiger partial charge on any atom is 0.325 e. The Morgan fingerprint density at radius 2 is 1.91 bits per heavy atom. The maximum atomic E-state index is 12.2.